The first-order chi connectivity index (χ1) is 11.7. The third-order valence-corrected chi connectivity index (χ3v) is 5.37. The monoisotopic (exact) mass is 342 g/mol. The van der Waals surface area contributed by atoms with E-state index in [0.717, 1.165) is 18.5 Å². The zero-order valence-corrected chi connectivity index (χ0v) is 14.6. The van der Waals surface area contributed by atoms with Crippen LogP contribution < -0.4 is 10.2 Å². The minimum absolute atomic E-state index is 0.0899. The van der Waals surface area contributed by atoms with Crippen LogP contribution in [0.4, 0.5) is 5.69 Å². The van der Waals surface area contributed by atoms with Gasteiger partial charge in [-0.05, 0) is 48.4 Å². The van der Waals surface area contributed by atoms with Gasteiger partial charge in [-0.25, -0.2) is 0 Å². The number of benzene rings is 1. The lowest BCUT2D eigenvalue weighted by atomic mass is 10.1. The first-order valence-corrected chi connectivity index (χ1v) is 9.27. The fourth-order valence-corrected chi connectivity index (χ4v) is 3.69. The molecule has 5 heteroatoms. The highest BCUT2D eigenvalue weighted by Crippen LogP contribution is 2.25. The molecule has 24 heavy (non-hydrogen) atoms. The summed E-state index contributed by atoms with van der Waals surface area (Å²) in [6, 6.07) is 12.1. The van der Waals surface area contributed by atoms with E-state index in [2.05, 4.69) is 18.3 Å². The Hall–Kier alpha value is -2.14. The number of hydrogen-bond acceptors (Lipinski definition) is 3. The van der Waals surface area contributed by atoms with Crippen LogP contribution in [0, 0.1) is 5.92 Å². The maximum Gasteiger partial charge on any atom is 0.239 e. The summed E-state index contributed by atoms with van der Waals surface area (Å²) in [5.41, 5.74) is 2.12. The number of hydrogen-bond donors (Lipinski definition) is 1. The summed E-state index contributed by atoms with van der Waals surface area (Å²) >= 11 is 1.68. The first kappa shape index (κ1) is 16.7. The maximum atomic E-state index is 12.6. The number of amides is 2. The van der Waals surface area contributed by atoms with E-state index in [0.29, 0.717) is 19.5 Å². The summed E-state index contributed by atoms with van der Waals surface area (Å²) in [6.07, 6.45) is 2.37. The molecule has 2 heterocycles. The highest BCUT2D eigenvalue weighted by Gasteiger charge is 2.37. The van der Waals surface area contributed by atoms with Crippen molar-refractivity contribution in [2.75, 3.05) is 18.0 Å². The normalized spacial score (nSPS) is 17.3. The second kappa shape index (κ2) is 7.62. The number of nitrogens with zero attached hydrogens (tertiary/aromatic N) is 1. The lowest BCUT2D eigenvalue weighted by Gasteiger charge is -2.17. The zero-order chi connectivity index (χ0) is 16.9. The molecule has 1 unspecified atom stereocenters. The van der Waals surface area contributed by atoms with E-state index in [1.807, 2.05) is 35.7 Å². The quantitative estimate of drug-likeness (QED) is 0.821. The summed E-state index contributed by atoms with van der Waals surface area (Å²) in [5, 5.41) is 4.93. The minimum Gasteiger partial charge on any atom is -0.355 e. The molecule has 1 aromatic heterocycles. The highest BCUT2D eigenvalue weighted by atomic mass is 32.1. The molecular formula is C19H22N2O2S. The average Bonchev–Trinajstić information content (AvgIpc) is 3.24. The van der Waals surface area contributed by atoms with Crippen molar-refractivity contribution in [1.29, 1.82) is 0 Å². The molecule has 1 aliphatic rings. The molecule has 0 bridgehead atoms. The third kappa shape index (κ3) is 3.67. The molecule has 126 valence electrons. The lowest BCUT2D eigenvalue weighted by Crippen LogP contribution is -2.37. The number of nitrogens with one attached hydrogen (secondary N) is 1. The van der Waals surface area contributed by atoms with Gasteiger partial charge in [-0.15, -0.1) is 11.3 Å². The maximum absolute atomic E-state index is 12.6. The molecule has 1 aromatic carbocycles. The van der Waals surface area contributed by atoms with Crippen LogP contribution >= 0.6 is 11.3 Å². The molecule has 0 saturated carbocycles. The molecule has 1 fully saturated rings. The predicted molar refractivity (Wildman–Crippen MR) is 97.3 cm³/mol. The lowest BCUT2D eigenvalue weighted by molar-refractivity contribution is -0.132. The molecule has 1 atom stereocenters. The Bertz CT molecular complexity index is 695. The van der Waals surface area contributed by atoms with Gasteiger partial charge in [0.15, 0.2) is 0 Å². The molecule has 1 saturated heterocycles. The summed E-state index contributed by atoms with van der Waals surface area (Å²) < 4.78 is 0. The van der Waals surface area contributed by atoms with E-state index >= 15 is 0 Å². The fourth-order valence-electron chi connectivity index (χ4n) is 2.98. The average molecular weight is 342 g/mol. The SMILES string of the molecule is CCc1ccc(N2CCC(C(=O)NCCc3cccs3)C2=O)cc1. The molecule has 0 spiro atoms. The Balaban J connectivity index is 1.55. The van der Waals surface area contributed by atoms with E-state index in [4.69, 9.17) is 0 Å². The summed E-state index contributed by atoms with van der Waals surface area (Å²) in [4.78, 5) is 27.8. The van der Waals surface area contributed by atoms with E-state index in [1.54, 1.807) is 16.2 Å². The second-order valence-electron chi connectivity index (χ2n) is 5.97. The Morgan fingerprint density at radius 3 is 2.75 bits per heavy atom. The summed E-state index contributed by atoms with van der Waals surface area (Å²) in [5.74, 6) is -0.795. The number of thiophene rings is 1. The van der Waals surface area contributed by atoms with E-state index in [1.165, 1.54) is 10.4 Å². The van der Waals surface area contributed by atoms with Crippen LogP contribution in [0.5, 0.6) is 0 Å². The Morgan fingerprint density at radius 1 is 1.29 bits per heavy atom. The van der Waals surface area contributed by atoms with Crippen molar-refractivity contribution >= 4 is 28.8 Å². The van der Waals surface area contributed by atoms with Crippen LogP contribution in [0.25, 0.3) is 0 Å². The van der Waals surface area contributed by atoms with Crippen LogP contribution in [0.3, 0.4) is 0 Å². The smallest absolute Gasteiger partial charge is 0.239 e. The van der Waals surface area contributed by atoms with Gasteiger partial charge < -0.3 is 10.2 Å². The number of carbonyl (C=O) groups excluding carboxylic acids is 2. The van der Waals surface area contributed by atoms with Crippen LogP contribution in [-0.2, 0) is 22.4 Å². The van der Waals surface area contributed by atoms with Gasteiger partial charge in [-0.2, -0.15) is 0 Å². The van der Waals surface area contributed by atoms with Gasteiger partial charge in [-0.3, -0.25) is 9.59 Å². The number of anilines is 1. The van der Waals surface area contributed by atoms with Crippen LogP contribution in [0.1, 0.15) is 23.8 Å². The summed E-state index contributed by atoms with van der Waals surface area (Å²) in [7, 11) is 0. The van der Waals surface area contributed by atoms with Crippen molar-refractivity contribution in [2.24, 2.45) is 5.92 Å². The number of rotatable bonds is 6. The Labute approximate surface area is 146 Å². The fraction of sp³-hybridized carbons (Fsp3) is 0.368. The molecule has 0 radical (unpaired) electrons. The zero-order valence-electron chi connectivity index (χ0n) is 13.8. The molecular weight excluding hydrogens is 320 g/mol. The van der Waals surface area contributed by atoms with Crippen molar-refractivity contribution < 1.29 is 9.59 Å². The molecule has 1 N–H and O–H groups in total. The van der Waals surface area contributed by atoms with Crippen molar-refractivity contribution in [3.8, 4) is 0 Å². The van der Waals surface area contributed by atoms with Gasteiger partial charge in [-0.1, -0.05) is 25.1 Å². The van der Waals surface area contributed by atoms with E-state index in [9.17, 15) is 9.59 Å². The topological polar surface area (TPSA) is 49.4 Å². The number of carbonyl (C=O) groups is 2. The Morgan fingerprint density at radius 2 is 2.08 bits per heavy atom. The van der Waals surface area contributed by atoms with Crippen molar-refractivity contribution in [1.82, 2.24) is 5.32 Å². The standard InChI is InChI=1S/C19H22N2O2S/c1-2-14-5-7-15(8-6-14)21-12-10-17(19(21)23)18(22)20-11-9-16-4-3-13-24-16/h3-8,13,17H,2,9-12H2,1H3,(H,20,22). The molecule has 4 nitrogen and oxygen atoms in total. The van der Waals surface area contributed by atoms with Crippen molar-refractivity contribution in [3.05, 3.63) is 52.2 Å². The second-order valence-corrected chi connectivity index (χ2v) is 7.00. The molecule has 0 aliphatic carbocycles. The molecule has 2 amide bonds. The van der Waals surface area contributed by atoms with Gasteiger partial charge in [0, 0.05) is 23.7 Å². The van der Waals surface area contributed by atoms with Crippen LogP contribution in [0.2, 0.25) is 0 Å². The van der Waals surface area contributed by atoms with Gasteiger partial charge in [0.1, 0.15) is 5.92 Å². The van der Waals surface area contributed by atoms with Gasteiger partial charge in [0.05, 0.1) is 0 Å². The Kier molecular flexibility index (Phi) is 5.30. The predicted octanol–water partition coefficient (Wildman–Crippen LogP) is 3.02. The van der Waals surface area contributed by atoms with E-state index in [-0.39, 0.29) is 11.8 Å². The first-order valence-electron chi connectivity index (χ1n) is 8.39. The molecule has 3 rings (SSSR count). The number of aryl methyl sites for hydroxylation is 1. The largest absolute Gasteiger partial charge is 0.355 e. The van der Waals surface area contributed by atoms with E-state index < -0.39 is 5.92 Å². The summed E-state index contributed by atoms with van der Waals surface area (Å²) in [6.45, 7) is 3.29. The van der Waals surface area contributed by atoms with Gasteiger partial charge in [0.25, 0.3) is 0 Å². The van der Waals surface area contributed by atoms with Crippen molar-refractivity contribution in [3.63, 3.8) is 0 Å². The molecule has 1 aliphatic heterocycles. The molecule has 2 aromatic rings. The highest BCUT2D eigenvalue weighted by molar-refractivity contribution is 7.09. The van der Waals surface area contributed by atoms with Gasteiger partial charge in [0.2, 0.25) is 11.8 Å². The van der Waals surface area contributed by atoms with Gasteiger partial charge >= 0.3 is 0 Å². The van der Waals surface area contributed by atoms with Crippen LogP contribution in [0.15, 0.2) is 41.8 Å². The van der Waals surface area contributed by atoms with Crippen LogP contribution in [-0.4, -0.2) is 24.9 Å². The minimum atomic E-state index is -0.556. The van der Waals surface area contributed by atoms with Crippen molar-refractivity contribution in [2.45, 2.75) is 26.2 Å². The third-order valence-electron chi connectivity index (χ3n) is 4.43.